The molecule has 1 amide bonds. The largest absolute Gasteiger partial charge is 0.459 e. The van der Waals surface area contributed by atoms with E-state index in [1.54, 1.807) is 18.4 Å². The number of piperidine rings is 1. The molecule has 5 rings (SSSR count). The number of fused-ring (bicyclic) bond motifs is 1. The minimum Gasteiger partial charge on any atom is -0.459 e. The van der Waals surface area contributed by atoms with Crippen molar-refractivity contribution in [1.29, 1.82) is 5.26 Å². The van der Waals surface area contributed by atoms with Crippen LogP contribution in [0.4, 0.5) is 11.6 Å². The minimum atomic E-state index is -0.0264. The van der Waals surface area contributed by atoms with Crippen LogP contribution in [0.25, 0.3) is 11.7 Å². The van der Waals surface area contributed by atoms with Crippen molar-refractivity contribution in [2.45, 2.75) is 32.6 Å². The molecule has 2 aliphatic heterocycles. The molecule has 158 valence electrons. The number of rotatable bonds is 3. The lowest BCUT2D eigenvalue weighted by Crippen LogP contribution is -2.44. The number of benzene rings is 1. The number of hydrogen-bond acceptors (Lipinski definition) is 6. The second kappa shape index (κ2) is 7.95. The first-order valence-electron chi connectivity index (χ1n) is 10.7. The summed E-state index contributed by atoms with van der Waals surface area (Å²) in [4.78, 5) is 21.6. The molecule has 7 nitrogen and oxygen atoms in total. The van der Waals surface area contributed by atoms with Crippen LogP contribution in [-0.2, 0) is 11.2 Å². The molecule has 2 aliphatic rings. The molecule has 0 unspecified atom stereocenters. The molecule has 31 heavy (non-hydrogen) atoms. The van der Waals surface area contributed by atoms with E-state index in [2.05, 4.69) is 36.2 Å². The number of carbonyl (C=O) groups is 1. The van der Waals surface area contributed by atoms with Gasteiger partial charge in [0.05, 0.1) is 6.26 Å². The summed E-state index contributed by atoms with van der Waals surface area (Å²) >= 11 is 0. The highest BCUT2D eigenvalue weighted by Gasteiger charge is 2.33. The van der Waals surface area contributed by atoms with E-state index >= 15 is 0 Å². The van der Waals surface area contributed by atoms with Gasteiger partial charge >= 0.3 is 0 Å². The average molecular weight is 416 g/mol. The quantitative estimate of drug-likeness (QED) is 0.632. The lowest BCUT2D eigenvalue weighted by Gasteiger charge is -2.36. The number of hydrogen-bond donors (Lipinski definition) is 0. The Bertz CT molecular complexity index is 1130. The molecule has 1 saturated heterocycles. The molecule has 1 fully saturated rings. The van der Waals surface area contributed by atoms with Crippen molar-refractivity contribution in [2.75, 3.05) is 29.4 Å². The van der Waals surface area contributed by atoms with Crippen LogP contribution < -0.4 is 9.80 Å². The van der Waals surface area contributed by atoms with Crippen molar-refractivity contribution >= 4 is 17.5 Å². The Morgan fingerprint density at radius 3 is 2.81 bits per heavy atom. The third kappa shape index (κ3) is 3.59. The highest BCUT2D eigenvalue weighted by molar-refractivity contribution is 5.96. The average Bonchev–Trinajstić information content (AvgIpc) is 3.48. The highest BCUT2D eigenvalue weighted by Crippen LogP contribution is 2.34. The van der Waals surface area contributed by atoms with E-state index in [-0.39, 0.29) is 17.5 Å². The molecule has 1 aromatic carbocycles. The molecule has 0 N–H and O–H groups in total. The SMILES string of the molecule is Cc1ccc2c(c1)CCCN2C(=O)C1CCN(c2oc(-c3ccco3)nc2C#N)CC1. The highest BCUT2D eigenvalue weighted by atomic mass is 16.4. The molecular formula is C24H24N4O3. The number of furan rings is 1. The van der Waals surface area contributed by atoms with Gasteiger partial charge in [0.25, 0.3) is 5.89 Å². The van der Waals surface area contributed by atoms with Gasteiger partial charge in [-0.15, -0.1) is 0 Å². The normalized spacial score (nSPS) is 16.8. The Morgan fingerprint density at radius 2 is 2.06 bits per heavy atom. The number of aromatic nitrogens is 1. The monoisotopic (exact) mass is 416 g/mol. The van der Waals surface area contributed by atoms with E-state index in [0.717, 1.165) is 37.9 Å². The maximum absolute atomic E-state index is 13.3. The maximum atomic E-state index is 13.3. The first kappa shape index (κ1) is 19.4. The summed E-state index contributed by atoms with van der Waals surface area (Å²) in [5, 5.41) is 9.49. The number of nitriles is 1. The zero-order valence-corrected chi connectivity index (χ0v) is 17.5. The lowest BCUT2D eigenvalue weighted by molar-refractivity contribution is -0.123. The number of amides is 1. The van der Waals surface area contributed by atoms with Gasteiger partial charge in [-0.3, -0.25) is 4.79 Å². The summed E-state index contributed by atoms with van der Waals surface area (Å²) in [7, 11) is 0. The molecule has 0 saturated carbocycles. The number of carbonyl (C=O) groups excluding carboxylic acids is 1. The van der Waals surface area contributed by atoms with Gasteiger partial charge in [0.15, 0.2) is 5.76 Å². The summed E-state index contributed by atoms with van der Waals surface area (Å²) in [6.07, 6.45) is 5.01. The smallest absolute Gasteiger partial charge is 0.266 e. The van der Waals surface area contributed by atoms with Gasteiger partial charge in [-0.1, -0.05) is 17.7 Å². The van der Waals surface area contributed by atoms with E-state index in [4.69, 9.17) is 8.83 Å². The predicted molar refractivity (Wildman–Crippen MR) is 116 cm³/mol. The first-order chi connectivity index (χ1) is 15.1. The van der Waals surface area contributed by atoms with Gasteiger partial charge in [-0.2, -0.15) is 10.2 Å². The van der Waals surface area contributed by atoms with Crippen molar-refractivity contribution in [1.82, 2.24) is 4.98 Å². The van der Waals surface area contributed by atoms with E-state index in [0.29, 0.717) is 30.6 Å². The molecular weight excluding hydrogens is 392 g/mol. The topological polar surface area (TPSA) is 86.5 Å². The Balaban J connectivity index is 1.30. The summed E-state index contributed by atoms with van der Waals surface area (Å²) < 4.78 is 11.2. The van der Waals surface area contributed by atoms with Gasteiger partial charge < -0.3 is 18.6 Å². The van der Waals surface area contributed by atoms with Gasteiger partial charge in [0, 0.05) is 31.2 Å². The molecule has 0 aliphatic carbocycles. The van der Waals surface area contributed by atoms with E-state index < -0.39 is 0 Å². The molecule has 2 aromatic heterocycles. The number of oxazole rings is 1. The van der Waals surface area contributed by atoms with Crippen molar-refractivity contribution in [3.63, 3.8) is 0 Å². The molecule has 0 bridgehead atoms. The Kier molecular flexibility index (Phi) is 4.99. The molecule has 4 heterocycles. The van der Waals surface area contributed by atoms with Crippen molar-refractivity contribution in [2.24, 2.45) is 5.92 Å². The zero-order chi connectivity index (χ0) is 21.4. The lowest BCUT2D eigenvalue weighted by atomic mass is 9.92. The second-order valence-electron chi connectivity index (χ2n) is 8.25. The van der Waals surface area contributed by atoms with Gasteiger partial charge in [0.1, 0.15) is 6.07 Å². The fraction of sp³-hybridized carbons (Fsp3) is 0.375. The first-order valence-corrected chi connectivity index (χ1v) is 10.7. The molecule has 7 heteroatoms. The fourth-order valence-corrected chi connectivity index (χ4v) is 4.61. The minimum absolute atomic E-state index is 0.0264. The van der Waals surface area contributed by atoms with Crippen LogP contribution in [0.2, 0.25) is 0 Å². The Hall–Kier alpha value is -3.53. The van der Waals surface area contributed by atoms with Crippen LogP contribution in [0.5, 0.6) is 0 Å². The zero-order valence-electron chi connectivity index (χ0n) is 17.5. The van der Waals surface area contributed by atoms with Crippen molar-refractivity contribution in [3.8, 4) is 17.7 Å². The van der Waals surface area contributed by atoms with E-state index in [9.17, 15) is 10.1 Å². The van der Waals surface area contributed by atoms with E-state index in [1.807, 2.05) is 9.80 Å². The standard InChI is InChI=1S/C24H24N4O3/c1-16-6-7-20-18(14-16)4-2-10-28(20)23(29)17-8-11-27(12-9-17)24-19(15-25)26-22(31-24)21-5-3-13-30-21/h3,5-7,13-14,17H,2,4,8-12H2,1H3. The molecule has 0 radical (unpaired) electrons. The second-order valence-corrected chi connectivity index (χ2v) is 8.25. The summed E-state index contributed by atoms with van der Waals surface area (Å²) in [5.74, 6) is 1.43. The fourth-order valence-electron chi connectivity index (χ4n) is 4.61. The summed E-state index contributed by atoms with van der Waals surface area (Å²) in [6, 6.07) is 12.0. The van der Waals surface area contributed by atoms with Crippen LogP contribution >= 0.6 is 0 Å². The van der Waals surface area contributed by atoms with Gasteiger partial charge in [0.2, 0.25) is 17.5 Å². The van der Waals surface area contributed by atoms with E-state index in [1.165, 1.54) is 11.1 Å². The molecule has 0 atom stereocenters. The van der Waals surface area contributed by atoms with Crippen molar-refractivity contribution in [3.05, 3.63) is 53.4 Å². The third-order valence-electron chi connectivity index (χ3n) is 6.20. The molecule has 3 aromatic rings. The maximum Gasteiger partial charge on any atom is 0.266 e. The number of aryl methyl sites for hydroxylation is 2. The number of nitrogens with zero attached hydrogens (tertiary/aromatic N) is 4. The van der Waals surface area contributed by atoms with Gasteiger partial charge in [-0.25, -0.2) is 0 Å². The summed E-state index contributed by atoms with van der Waals surface area (Å²) in [6.45, 7) is 4.16. The molecule has 0 spiro atoms. The summed E-state index contributed by atoms with van der Waals surface area (Å²) in [5.41, 5.74) is 3.81. The predicted octanol–water partition coefficient (Wildman–Crippen LogP) is 4.31. The van der Waals surface area contributed by atoms with Gasteiger partial charge in [-0.05, 0) is 56.4 Å². The van der Waals surface area contributed by atoms with Crippen LogP contribution in [0, 0.1) is 24.2 Å². The number of anilines is 2. The van der Waals surface area contributed by atoms with Crippen LogP contribution in [0.1, 0.15) is 36.1 Å². The van der Waals surface area contributed by atoms with Crippen LogP contribution in [0.3, 0.4) is 0 Å². The van der Waals surface area contributed by atoms with Crippen molar-refractivity contribution < 1.29 is 13.6 Å². The van der Waals surface area contributed by atoms with Crippen LogP contribution in [0.15, 0.2) is 45.4 Å². The Morgan fingerprint density at radius 1 is 1.23 bits per heavy atom. The third-order valence-corrected chi connectivity index (χ3v) is 6.20. The van der Waals surface area contributed by atoms with Crippen LogP contribution in [-0.4, -0.2) is 30.5 Å². The Labute approximate surface area is 180 Å².